The molecule has 0 bridgehead atoms. The van der Waals surface area contributed by atoms with Gasteiger partial charge in [-0.05, 0) is 18.1 Å². The number of hydrogen-bond acceptors (Lipinski definition) is 4. The normalized spacial score (nSPS) is 10.6. The van der Waals surface area contributed by atoms with Crippen LogP contribution in [0.25, 0.3) is 0 Å². The molecule has 1 rings (SSSR count). The Morgan fingerprint density at radius 2 is 1.88 bits per heavy atom. The summed E-state index contributed by atoms with van der Waals surface area (Å²) in [4.78, 5) is 11.7. The van der Waals surface area contributed by atoms with Gasteiger partial charge in [-0.15, -0.1) is 11.6 Å². The van der Waals surface area contributed by atoms with Gasteiger partial charge in [0.25, 0.3) is 0 Å². The maximum absolute atomic E-state index is 11.7. The van der Waals surface area contributed by atoms with E-state index in [0.29, 0.717) is 29.1 Å². The fourth-order valence-corrected chi connectivity index (χ4v) is 1.62. The highest BCUT2D eigenvalue weighted by atomic mass is 35.5. The molecular formula is C12H17ClN2O2. The molecule has 1 aromatic rings. The number of nitrogen functional groups attached to an aromatic ring is 2. The molecule has 94 valence electrons. The van der Waals surface area contributed by atoms with Crippen molar-refractivity contribution < 1.29 is 9.53 Å². The van der Waals surface area contributed by atoms with E-state index in [1.54, 1.807) is 0 Å². The average Bonchev–Trinajstić information content (AvgIpc) is 2.25. The van der Waals surface area contributed by atoms with Crippen LogP contribution in [-0.2, 0) is 10.6 Å². The van der Waals surface area contributed by atoms with E-state index in [1.807, 2.05) is 13.8 Å². The van der Waals surface area contributed by atoms with Crippen molar-refractivity contribution in [3.05, 3.63) is 23.3 Å². The molecule has 0 heterocycles. The summed E-state index contributed by atoms with van der Waals surface area (Å²) in [7, 11) is 0. The molecule has 0 amide bonds. The quantitative estimate of drug-likeness (QED) is 0.493. The minimum Gasteiger partial charge on any atom is -0.462 e. The Morgan fingerprint density at radius 1 is 1.35 bits per heavy atom. The summed E-state index contributed by atoms with van der Waals surface area (Å²) in [5.74, 6) is 0.0906. The summed E-state index contributed by atoms with van der Waals surface area (Å²) in [6.45, 7) is 4.30. The first kappa shape index (κ1) is 13.6. The number of benzene rings is 1. The van der Waals surface area contributed by atoms with Gasteiger partial charge in [0, 0.05) is 16.9 Å². The SMILES string of the molecule is CC(C)COC(=O)c1cc(N)c(CCl)c(N)c1. The van der Waals surface area contributed by atoms with Crippen molar-refractivity contribution in [2.75, 3.05) is 18.1 Å². The summed E-state index contributed by atoms with van der Waals surface area (Å²) >= 11 is 5.70. The van der Waals surface area contributed by atoms with E-state index >= 15 is 0 Å². The van der Waals surface area contributed by atoms with Gasteiger partial charge in [0.05, 0.1) is 18.1 Å². The first-order valence-corrected chi connectivity index (χ1v) is 5.90. The van der Waals surface area contributed by atoms with E-state index in [-0.39, 0.29) is 11.8 Å². The van der Waals surface area contributed by atoms with Crippen LogP contribution in [0.4, 0.5) is 11.4 Å². The molecule has 0 fully saturated rings. The molecule has 0 spiro atoms. The maximum atomic E-state index is 11.7. The van der Waals surface area contributed by atoms with Crippen LogP contribution in [0.5, 0.6) is 0 Å². The Morgan fingerprint density at radius 3 is 2.29 bits per heavy atom. The van der Waals surface area contributed by atoms with Gasteiger partial charge >= 0.3 is 5.97 Å². The number of nitrogens with two attached hydrogens (primary N) is 2. The minimum atomic E-state index is -0.418. The zero-order chi connectivity index (χ0) is 13.0. The standard InChI is InChI=1S/C12H17ClN2O2/c1-7(2)6-17-12(16)8-3-10(14)9(5-13)11(15)4-8/h3-4,7H,5-6,14-15H2,1-2H3. The van der Waals surface area contributed by atoms with E-state index in [4.69, 9.17) is 27.8 Å². The first-order valence-electron chi connectivity index (χ1n) is 5.36. The van der Waals surface area contributed by atoms with E-state index in [9.17, 15) is 4.79 Å². The molecule has 0 aliphatic rings. The van der Waals surface area contributed by atoms with Crippen LogP contribution in [0.15, 0.2) is 12.1 Å². The molecule has 0 aliphatic carbocycles. The zero-order valence-corrected chi connectivity index (χ0v) is 10.8. The van der Waals surface area contributed by atoms with Crippen LogP contribution in [0.1, 0.15) is 29.8 Å². The Labute approximate surface area is 106 Å². The number of carbonyl (C=O) groups is 1. The third-order valence-electron chi connectivity index (χ3n) is 2.24. The number of anilines is 2. The summed E-state index contributed by atoms with van der Waals surface area (Å²) in [6.07, 6.45) is 0. The van der Waals surface area contributed by atoms with E-state index in [1.165, 1.54) is 12.1 Å². The predicted molar refractivity (Wildman–Crippen MR) is 69.9 cm³/mol. The third kappa shape index (κ3) is 3.53. The Kier molecular flexibility index (Phi) is 4.63. The van der Waals surface area contributed by atoms with Crippen molar-refractivity contribution in [2.24, 2.45) is 5.92 Å². The smallest absolute Gasteiger partial charge is 0.338 e. The topological polar surface area (TPSA) is 78.3 Å². The van der Waals surface area contributed by atoms with Crippen LogP contribution in [0, 0.1) is 5.92 Å². The van der Waals surface area contributed by atoms with E-state index in [0.717, 1.165) is 0 Å². The predicted octanol–water partition coefficient (Wildman–Crippen LogP) is 2.40. The molecule has 0 atom stereocenters. The number of hydrogen-bond donors (Lipinski definition) is 2. The lowest BCUT2D eigenvalue weighted by Gasteiger charge is -2.11. The highest BCUT2D eigenvalue weighted by molar-refractivity contribution is 6.18. The van der Waals surface area contributed by atoms with Gasteiger partial charge in [-0.2, -0.15) is 0 Å². The molecule has 0 unspecified atom stereocenters. The largest absolute Gasteiger partial charge is 0.462 e. The maximum Gasteiger partial charge on any atom is 0.338 e. The molecular weight excluding hydrogens is 240 g/mol. The minimum absolute atomic E-state index is 0.221. The molecule has 1 aromatic carbocycles. The van der Waals surface area contributed by atoms with Gasteiger partial charge in [0.2, 0.25) is 0 Å². The molecule has 17 heavy (non-hydrogen) atoms. The number of esters is 1. The number of rotatable bonds is 4. The summed E-state index contributed by atoms with van der Waals surface area (Å²) in [6, 6.07) is 3.08. The number of carbonyl (C=O) groups excluding carboxylic acids is 1. The Bertz CT molecular complexity index is 396. The van der Waals surface area contributed by atoms with Gasteiger partial charge in [-0.25, -0.2) is 4.79 Å². The van der Waals surface area contributed by atoms with Crippen molar-refractivity contribution >= 4 is 28.9 Å². The zero-order valence-electron chi connectivity index (χ0n) is 10.00. The Hall–Kier alpha value is -1.42. The number of ether oxygens (including phenoxy) is 1. The van der Waals surface area contributed by atoms with Crippen molar-refractivity contribution in [3.63, 3.8) is 0 Å². The van der Waals surface area contributed by atoms with Gasteiger partial charge < -0.3 is 16.2 Å². The third-order valence-corrected chi connectivity index (χ3v) is 2.50. The summed E-state index contributed by atoms with van der Waals surface area (Å²) in [5.41, 5.74) is 13.3. The molecule has 4 nitrogen and oxygen atoms in total. The number of alkyl halides is 1. The van der Waals surface area contributed by atoms with Crippen molar-refractivity contribution in [3.8, 4) is 0 Å². The molecule has 0 aliphatic heterocycles. The second-order valence-electron chi connectivity index (χ2n) is 4.26. The van der Waals surface area contributed by atoms with E-state index in [2.05, 4.69) is 0 Å². The fourth-order valence-electron chi connectivity index (χ4n) is 1.32. The van der Waals surface area contributed by atoms with Gasteiger partial charge in [-0.3, -0.25) is 0 Å². The molecule has 4 N–H and O–H groups in total. The van der Waals surface area contributed by atoms with E-state index < -0.39 is 5.97 Å². The first-order chi connectivity index (χ1) is 7.95. The van der Waals surface area contributed by atoms with Crippen molar-refractivity contribution in [1.82, 2.24) is 0 Å². The lowest BCUT2D eigenvalue weighted by Crippen LogP contribution is -2.11. The Balaban J connectivity index is 2.89. The second kappa shape index (κ2) is 5.77. The molecule has 0 saturated heterocycles. The lowest BCUT2D eigenvalue weighted by atomic mass is 10.1. The molecule has 0 radical (unpaired) electrons. The van der Waals surface area contributed by atoms with Gasteiger partial charge in [0.15, 0.2) is 0 Å². The molecule has 0 aromatic heterocycles. The van der Waals surface area contributed by atoms with Gasteiger partial charge in [0.1, 0.15) is 0 Å². The van der Waals surface area contributed by atoms with Crippen molar-refractivity contribution in [1.29, 1.82) is 0 Å². The van der Waals surface area contributed by atoms with Gasteiger partial charge in [-0.1, -0.05) is 13.8 Å². The summed E-state index contributed by atoms with van der Waals surface area (Å²) in [5, 5.41) is 0. The summed E-state index contributed by atoms with van der Waals surface area (Å²) < 4.78 is 5.09. The monoisotopic (exact) mass is 256 g/mol. The molecule has 5 heteroatoms. The van der Waals surface area contributed by atoms with Crippen LogP contribution < -0.4 is 11.5 Å². The van der Waals surface area contributed by atoms with Crippen molar-refractivity contribution in [2.45, 2.75) is 19.7 Å². The average molecular weight is 257 g/mol. The highest BCUT2D eigenvalue weighted by Gasteiger charge is 2.12. The van der Waals surface area contributed by atoms with Crippen LogP contribution in [0.3, 0.4) is 0 Å². The van der Waals surface area contributed by atoms with Crippen LogP contribution in [-0.4, -0.2) is 12.6 Å². The van der Waals surface area contributed by atoms with Crippen LogP contribution >= 0.6 is 11.6 Å². The van der Waals surface area contributed by atoms with Crippen LogP contribution in [0.2, 0.25) is 0 Å². The lowest BCUT2D eigenvalue weighted by molar-refractivity contribution is 0.0459. The fraction of sp³-hybridized carbons (Fsp3) is 0.417. The molecule has 0 saturated carbocycles. The highest BCUT2D eigenvalue weighted by Crippen LogP contribution is 2.24. The number of halogens is 1. The second-order valence-corrected chi connectivity index (χ2v) is 4.53.